The number of hydrogen-bond acceptors (Lipinski definition) is 4. The molecular weight excluding hydrogens is 287 g/mol. The number of fused-ring (bicyclic) bond motifs is 1. The summed E-state index contributed by atoms with van der Waals surface area (Å²) < 4.78 is 39.3. The summed E-state index contributed by atoms with van der Waals surface area (Å²) in [5.74, 6) is -0.629. The summed E-state index contributed by atoms with van der Waals surface area (Å²) in [7, 11) is 0. The van der Waals surface area contributed by atoms with E-state index in [-0.39, 0.29) is 43.3 Å². The van der Waals surface area contributed by atoms with Gasteiger partial charge in [-0.25, -0.2) is 0 Å². The van der Waals surface area contributed by atoms with Crippen LogP contribution in [0.1, 0.15) is 25.0 Å². The monoisotopic (exact) mass is 303 g/mol. The molecular formula is C12H16F3N5O. The summed E-state index contributed by atoms with van der Waals surface area (Å²) in [6.07, 6.45) is -3.59. The van der Waals surface area contributed by atoms with Gasteiger partial charge in [0.25, 0.3) is 0 Å². The third-order valence-electron chi connectivity index (χ3n) is 4.12. The topological polar surface area (TPSA) is 63.1 Å². The Hall–Kier alpha value is -1.64. The molecule has 3 rings (SSSR count). The van der Waals surface area contributed by atoms with E-state index in [1.54, 1.807) is 4.90 Å². The number of halogens is 3. The standard InChI is InChI=1S/C12H16F3N5O/c1-7-2-3-16-9(7)10(21)19-4-5-20-8(6-19)17-18-11(20)12(13,14)15/h7,9,16H,2-6H2,1H3. The van der Waals surface area contributed by atoms with Gasteiger partial charge in [-0.15, -0.1) is 10.2 Å². The zero-order chi connectivity index (χ0) is 15.2. The molecule has 116 valence electrons. The number of carbonyl (C=O) groups is 1. The molecule has 2 aliphatic heterocycles. The summed E-state index contributed by atoms with van der Waals surface area (Å²) in [6, 6.07) is -0.249. The molecule has 2 atom stereocenters. The molecule has 2 aliphatic rings. The van der Waals surface area contributed by atoms with Gasteiger partial charge in [-0.3, -0.25) is 4.79 Å². The lowest BCUT2D eigenvalue weighted by Crippen LogP contribution is -2.48. The number of alkyl halides is 3. The van der Waals surface area contributed by atoms with Gasteiger partial charge in [-0.2, -0.15) is 13.2 Å². The van der Waals surface area contributed by atoms with Crippen LogP contribution in [0.2, 0.25) is 0 Å². The maximum absolute atomic E-state index is 12.7. The molecule has 0 aliphatic carbocycles. The smallest absolute Gasteiger partial charge is 0.332 e. The molecule has 1 aromatic heterocycles. The van der Waals surface area contributed by atoms with E-state index in [1.807, 2.05) is 6.92 Å². The second-order valence-corrected chi connectivity index (χ2v) is 5.55. The Morgan fingerprint density at radius 2 is 2.10 bits per heavy atom. The van der Waals surface area contributed by atoms with Crippen molar-refractivity contribution in [2.45, 2.75) is 38.7 Å². The Kier molecular flexibility index (Phi) is 3.39. The first-order valence-corrected chi connectivity index (χ1v) is 6.89. The fraction of sp³-hybridized carbons (Fsp3) is 0.750. The highest BCUT2D eigenvalue weighted by molar-refractivity contribution is 5.82. The molecule has 1 aromatic rings. The summed E-state index contributed by atoms with van der Waals surface area (Å²) in [5, 5.41) is 9.93. The van der Waals surface area contributed by atoms with Crippen LogP contribution in [0, 0.1) is 5.92 Å². The predicted octanol–water partition coefficient (Wildman–Crippen LogP) is 0.637. The number of hydrogen-bond donors (Lipinski definition) is 1. The van der Waals surface area contributed by atoms with Crippen LogP contribution < -0.4 is 5.32 Å². The van der Waals surface area contributed by atoms with Crippen molar-refractivity contribution in [1.82, 2.24) is 25.0 Å². The van der Waals surface area contributed by atoms with E-state index >= 15 is 0 Å². The lowest BCUT2D eigenvalue weighted by atomic mass is 10.0. The molecule has 0 spiro atoms. The summed E-state index contributed by atoms with van der Waals surface area (Å²) in [5.41, 5.74) is 0. The molecule has 1 fully saturated rings. The molecule has 9 heteroatoms. The highest BCUT2D eigenvalue weighted by Gasteiger charge is 2.41. The zero-order valence-corrected chi connectivity index (χ0v) is 11.5. The van der Waals surface area contributed by atoms with Crippen molar-refractivity contribution in [3.8, 4) is 0 Å². The maximum Gasteiger partial charge on any atom is 0.451 e. The zero-order valence-electron chi connectivity index (χ0n) is 11.5. The first-order chi connectivity index (χ1) is 9.88. The third-order valence-corrected chi connectivity index (χ3v) is 4.12. The second kappa shape index (κ2) is 4.97. The normalized spacial score (nSPS) is 26.0. The number of nitrogens with zero attached hydrogens (tertiary/aromatic N) is 4. The predicted molar refractivity (Wildman–Crippen MR) is 66.0 cm³/mol. The largest absolute Gasteiger partial charge is 0.451 e. The van der Waals surface area contributed by atoms with E-state index in [2.05, 4.69) is 15.5 Å². The van der Waals surface area contributed by atoms with E-state index in [4.69, 9.17) is 0 Å². The Labute approximate surface area is 119 Å². The van der Waals surface area contributed by atoms with Crippen LogP contribution in [-0.4, -0.2) is 44.7 Å². The summed E-state index contributed by atoms with van der Waals surface area (Å²) in [6.45, 7) is 3.19. The molecule has 1 N–H and O–H groups in total. The lowest BCUT2D eigenvalue weighted by Gasteiger charge is -2.31. The highest BCUT2D eigenvalue weighted by Crippen LogP contribution is 2.29. The number of amides is 1. The van der Waals surface area contributed by atoms with E-state index in [9.17, 15) is 18.0 Å². The van der Waals surface area contributed by atoms with Crippen molar-refractivity contribution < 1.29 is 18.0 Å². The lowest BCUT2D eigenvalue weighted by molar-refractivity contribution is -0.148. The van der Waals surface area contributed by atoms with Crippen LogP contribution in [0.3, 0.4) is 0 Å². The molecule has 1 saturated heterocycles. The minimum atomic E-state index is -4.51. The maximum atomic E-state index is 12.7. The van der Waals surface area contributed by atoms with Crippen molar-refractivity contribution in [3.63, 3.8) is 0 Å². The molecule has 0 bridgehead atoms. The summed E-state index contributed by atoms with van der Waals surface area (Å²) in [4.78, 5) is 14.0. The van der Waals surface area contributed by atoms with Crippen LogP contribution in [0.5, 0.6) is 0 Å². The van der Waals surface area contributed by atoms with E-state index in [0.29, 0.717) is 0 Å². The van der Waals surface area contributed by atoms with Crippen LogP contribution in [-0.2, 0) is 24.1 Å². The van der Waals surface area contributed by atoms with Gasteiger partial charge in [-0.05, 0) is 18.9 Å². The number of aromatic nitrogens is 3. The fourth-order valence-corrected chi connectivity index (χ4v) is 2.92. The van der Waals surface area contributed by atoms with Gasteiger partial charge in [0.1, 0.15) is 0 Å². The van der Waals surface area contributed by atoms with Gasteiger partial charge in [-0.1, -0.05) is 6.92 Å². The SMILES string of the molecule is CC1CCNC1C(=O)N1CCn2c(nnc2C(F)(F)F)C1. The number of rotatable bonds is 1. The van der Waals surface area contributed by atoms with Gasteiger partial charge < -0.3 is 14.8 Å². The van der Waals surface area contributed by atoms with E-state index in [1.165, 1.54) is 0 Å². The van der Waals surface area contributed by atoms with Crippen LogP contribution in [0.25, 0.3) is 0 Å². The summed E-state index contributed by atoms with van der Waals surface area (Å²) >= 11 is 0. The molecule has 0 saturated carbocycles. The van der Waals surface area contributed by atoms with Gasteiger partial charge in [0, 0.05) is 13.1 Å². The van der Waals surface area contributed by atoms with Crippen molar-refractivity contribution in [3.05, 3.63) is 11.6 Å². The number of carbonyl (C=O) groups excluding carboxylic acids is 1. The average Bonchev–Trinajstić information content (AvgIpc) is 3.02. The number of nitrogens with one attached hydrogen (secondary N) is 1. The second-order valence-electron chi connectivity index (χ2n) is 5.55. The van der Waals surface area contributed by atoms with Crippen molar-refractivity contribution in [2.75, 3.05) is 13.1 Å². The van der Waals surface area contributed by atoms with Crippen LogP contribution in [0.4, 0.5) is 13.2 Å². The van der Waals surface area contributed by atoms with Gasteiger partial charge >= 0.3 is 6.18 Å². The first kappa shape index (κ1) is 14.3. The Balaban J connectivity index is 1.76. The molecule has 1 amide bonds. The van der Waals surface area contributed by atoms with E-state index < -0.39 is 12.0 Å². The molecule has 0 aromatic carbocycles. The highest BCUT2D eigenvalue weighted by atomic mass is 19.4. The van der Waals surface area contributed by atoms with Gasteiger partial charge in [0.2, 0.25) is 11.7 Å². The van der Waals surface area contributed by atoms with Crippen molar-refractivity contribution in [2.24, 2.45) is 5.92 Å². The molecule has 2 unspecified atom stereocenters. The van der Waals surface area contributed by atoms with Gasteiger partial charge in [0.05, 0.1) is 12.6 Å². The third kappa shape index (κ3) is 2.50. The van der Waals surface area contributed by atoms with Crippen molar-refractivity contribution in [1.29, 1.82) is 0 Å². The minimum Gasteiger partial charge on any atom is -0.332 e. The van der Waals surface area contributed by atoms with Crippen LogP contribution in [0.15, 0.2) is 0 Å². The average molecular weight is 303 g/mol. The Morgan fingerprint density at radius 1 is 1.33 bits per heavy atom. The first-order valence-electron chi connectivity index (χ1n) is 6.89. The Bertz CT molecular complexity index is 556. The van der Waals surface area contributed by atoms with Crippen LogP contribution >= 0.6 is 0 Å². The molecule has 0 radical (unpaired) electrons. The quantitative estimate of drug-likeness (QED) is 0.827. The fourth-order valence-electron chi connectivity index (χ4n) is 2.92. The molecule has 21 heavy (non-hydrogen) atoms. The molecule has 3 heterocycles. The van der Waals surface area contributed by atoms with E-state index in [0.717, 1.165) is 17.5 Å². The molecule has 6 nitrogen and oxygen atoms in total. The Morgan fingerprint density at radius 3 is 2.71 bits per heavy atom. The van der Waals surface area contributed by atoms with Gasteiger partial charge in [0.15, 0.2) is 5.82 Å². The minimum absolute atomic E-state index is 0.0668. The van der Waals surface area contributed by atoms with Crippen molar-refractivity contribution >= 4 is 5.91 Å².